The Labute approximate surface area is 111 Å². The molecule has 0 saturated heterocycles. The first-order chi connectivity index (χ1) is 8.73. The van der Waals surface area contributed by atoms with E-state index in [9.17, 15) is 18.3 Å². The van der Waals surface area contributed by atoms with Crippen LogP contribution in [0.15, 0.2) is 50.8 Å². The predicted octanol–water partition coefficient (Wildman–Crippen LogP) is 2.55. The molecule has 0 aliphatic heterocycles. The molecule has 0 aliphatic rings. The summed E-state index contributed by atoms with van der Waals surface area (Å²) in [7, 11) is -3.44. The molecule has 0 fully saturated rings. The van der Waals surface area contributed by atoms with Crippen molar-refractivity contribution in [2.24, 2.45) is 10.2 Å². The Balaban J connectivity index is 3.29. The number of hydrogen-bond acceptors (Lipinski definition) is 6. The summed E-state index contributed by atoms with van der Waals surface area (Å²) in [6, 6.07) is 6.03. The van der Waals surface area contributed by atoms with E-state index in [0.29, 0.717) is 0 Å². The molecule has 19 heavy (non-hydrogen) atoms. The van der Waals surface area contributed by atoms with E-state index in [-0.39, 0.29) is 22.0 Å². The monoisotopic (exact) mass is 282 g/mol. The zero-order valence-electron chi connectivity index (χ0n) is 10.8. The van der Waals surface area contributed by atoms with Crippen molar-refractivity contribution in [2.75, 3.05) is 6.26 Å². The Morgan fingerprint density at radius 1 is 1.21 bits per heavy atom. The van der Waals surface area contributed by atoms with Gasteiger partial charge in [0, 0.05) is 13.2 Å². The molecule has 102 valence electrons. The largest absolute Gasteiger partial charge is 0.510 e. The van der Waals surface area contributed by atoms with Crippen LogP contribution in [0.1, 0.15) is 13.8 Å². The number of allylic oxidation sites excluding steroid dienone is 2. The van der Waals surface area contributed by atoms with Crippen LogP contribution in [0.2, 0.25) is 0 Å². The van der Waals surface area contributed by atoms with E-state index >= 15 is 0 Å². The predicted molar refractivity (Wildman–Crippen MR) is 70.1 cm³/mol. The van der Waals surface area contributed by atoms with Crippen LogP contribution in [0, 0.1) is 0 Å². The highest BCUT2D eigenvalue weighted by Gasteiger charge is 2.13. The fourth-order valence-corrected chi connectivity index (χ4v) is 2.17. The molecule has 0 unspecified atom stereocenters. The lowest BCUT2D eigenvalue weighted by molar-refractivity contribution is -0.113. The third-order valence-electron chi connectivity index (χ3n) is 2.20. The Morgan fingerprint density at radius 2 is 1.79 bits per heavy atom. The molecular weight excluding hydrogens is 268 g/mol. The molecule has 1 N–H and O–H groups in total. The van der Waals surface area contributed by atoms with Crippen LogP contribution in [0.3, 0.4) is 0 Å². The summed E-state index contributed by atoms with van der Waals surface area (Å²) < 4.78 is 23.1. The number of sulfone groups is 1. The molecule has 6 nitrogen and oxygen atoms in total. The van der Waals surface area contributed by atoms with Gasteiger partial charge in [-0.15, -0.1) is 10.2 Å². The number of carbonyl (C=O) groups excluding carboxylic acids is 1. The molecule has 1 rings (SSSR count). The quantitative estimate of drug-likeness (QED) is 0.521. The number of aliphatic hydroxyl groups is 1. The van der Waals surface area contributed by atoms with E-state index in [1.807, 2.05) is 0 Å². The normalized spacial score (nSPS) is 13.4. The molecule has 0 aromatic heterocycles. The SMILES string of the molecule is CC(=O)/C(N=Nc1ccccc1S(C)(=O)=O)=C(\C)O. The van der Waals surface area contributed by atoms with Crippen molar-refractivity contribution in [3.8, 4) is 0 Å². The molecule has 0 spiro atoms. The average Bonchev–Trinajstić information content (AvgIpc) is 2.27. The van der Waals surface area contributed by atoms with E-state index < -0.39 is 15.6 Å². The first-order valence-electron chi connectivity index (χ1n) is 5.35. The molecule has 0 atom stereocenters. The van der Waals surface area contributed by atoms with Gasteiger partial charge in [0.15, 0.2) is 21.3 Å². The van der Waals surface area contributed by atoms with Gasteiger partial charge in [0.1, 0.15) is 11.4 Å². The van der Waals surface area contributed by atoms with Crippen LogP contribution in [0.5, 0.6) is 0 Å². The van der Waals surface area contributed by atoms with Crippen LogP contribution in [-0.2, 0) is 14.6 Å². The summed E-state index contributed by atoms with van der Waals surface area (Å²) in [6.45, 7) is 2.54. The second kappa shape index (κ2) is 5.75. The van der Waals surface area contributed by atoms with Crippen LogP contribution in [0.4, 0.5) is 5.69 Å². The van der Waals surface area contributed by atoms with Gasteiger partial charge < -0.3 is 5.11 Å². The number of benzene rings is 1. The zero-order chi connectivity index (χ0) is 14.6. The molecule has 0 radical (unpaired) electrons. The number of hydrogen-bond donors (Lipinski definition) is 1. The molecule has 0 amide bonds. The smallest absolute Gasteiger partial charge is 0.183 e. The van der Waals surface area contributed by atoms with Gasteiger partial charge in [0.2, 0.25) is 0 Å². The van der Waals surface area contributed by atoms with Crippen molar-refractivity contribution in [1.29, 1.82) is 0 Å². The molecule has 0 aliphatic carbocycles. The van der Waals surface area contributed by atoms with Gasteiger partial charge in [-0.25, -0.2) is 8.42 Å². The maximum absolute atomic E-state index is 11.5. The Morgan fingerprint density at radius 3 is 2.26 bits per heavy atom. The summed E-state index contributed by atoms with van der Waals surface area (Å²) >= 11 is 0. The van der Waals surface area contributed by atoms with E-state index in [1.54, 1.807) is 12.1 Å². The molecule has 1 aromatic carbocycles. The van der Waals surface area contributed by atoms with Crippen molar-refractivity contribution < 1.29 is 18.3 Å². The van der Waals surface area contributed by atoms with Gasteiger partial charge in [-0.1, -0.05) is 12.1 Å². The minimum Gasteiger partial charge on any atom is -0.510 e. The Bertz CT molecular complexity index is 656. The summed E-state index contributed by atoms with van der Waals surface area (Å²) in [4.78, 5) is 11.2. The molecule has 0 bridgehead atoms. The third kappa shape index (κ3) is 3.99. The maximum Gasteiger partial charge on any atom is 0.183 e. The number of nitrogens with zero attached hydrogens (tertiary/aromatic N) is 2. The number of azo groups is 1. The molecule has 1 aromatic rings. The number of aliphatic hydroxyl groups excluding tert-OH is 1. The molecule has 0 heterocycles. The summed E-state index contributed by atoms with van der Waals surface area (Å²) in [6.07, 6.45) is 1.06. The highest BCUT2D eigenvalue weighted by atomic mass is 32.2. The van der Waals surface area contributed by atoms with Gasteiger partial charge in [-0.05, 0) is 19.1 Å². The highest BCUT2D eigenvalue weighted by Crippen LogP contribution is 2.24. The molecular formula is C12H14N2O4S. The number of Topliss-reactive ketones (excluding diaryl/α,β-unsaturated/α-hetero) is 1. The van der Waals surface area contributed by atoms with Crippen molar-refractivity contribution in [2.45, 2.75) is 18.7 Å². The van der Waals surface area contributed by atoms with E-state index in [2.05, 4.69) is 10.2 Å². The average molecular weight is 282 g/mol. The minimum atomic E-state index is -3.44. The van der Waals surface area contributed by atoms with Crippen molar-refractivity contribution in [3.63, 3.8) is 0 Å². The standard InChI is InChI=1S/C12H14N2O4S/c1-8(15)12(9(2)16)14-13-10-6-4-5-7-11(10)19(3,17)18/h4-7,15H,1-3H3/b12-8-,14-13?. The lowest BCUT2D eigenvalue weighted by atomic mass is 10.3. The first kappa shape index (κ1) is 15.0. The van der Waals surface area contributed by atoms with Crippen LogP contribution in [0.25, 0.3) is 0 Å². The van der Waals surface area contributed by atoms with Gasteiger partial charge in [-0.2, -0.15) is 0 Å². The third-order valence-corrected chi connectivity index (χ3v) is 3.34. The van der Waals surface area contributed by atoms with Crippen molar-refractivity contribution in [1.82, 2.24) is 0 Å². The lowest BCUT2D eigenvalue weighted by Crippen LogP contribution is -1.98. The van der Waals surface area contributed by atoms with E-state index in [0.717, 1.165) is 6.26 Å². The summed E-state index contributed by atoms with van der Waals surface area (Å²) in [5, 5.41) is 16.6. The highest BCUT2D eigenvalue weighted by molar-refractivity contribution is 7.90. The lowest BCUT2D eigenvalue weighted by Gasteiger charge is -2.02. The van der Waals surface area contributed by atoms with Crippen LogP contribution in [-0.4, -0.2) is 25.6 Å². The van der Waals surface area contributed by atoms with Crippen molar-refractivity contribution in [3.05, 3.63) is 35.7 Å². The summed E-state index contributed by atoms with van der Waals surface area (Å²) in [5.41, 5.74) is -0.0895. The summed E-state index contributed by atoms with van der Waals surface area (Å²) in [5.74, 6) is -0.728. The van der Waals surface area contributed by atoms with Gasteiger partial charge in [0.05, 0.1) is 4.90 Å². The maximum atomic E-state index is 11.5. The fraction of sp³-hybridized carbons (Fsp3) is 0.250. The first-order valence-corrected chi connectivity index (χ1v) is 7.24. The van der Waals surface area contributed by atoms with E-state index in [4.69, 9.17) is 0 Å². The number of rotatable bonds is 4. The number of ketones is 1. The zero-order valence-corrected chi connectivity index (χ0v) is 11.6. The van der Waals surface area contributed by atoms with Crippen molar-refractivity contribution >= 4 is 21.3 Å². The van der Waals surface area contributed by atoms with Gasteiger partial charge in [0.25, 0.3) is 0 Å². The topological polar surface area (TPSA) is 96.2 Å². The second-order valence-electron chi connectivity index (χ2n) is 3.93. The number of carbonyl (C=O) groups is 1. The van der Waals surface area contributed by atoms with Gasteiger partial charge >= 0.3 is 0 Å². The Hall–Kier alpha value is -2.02. The van der Waals surface area contributed by atoms with Crippen LogP contribution >= 0.6 is 0 Å². The Kier molecular flexibility index (Phi) is 4.55. The fourth-order valence-electron chi connectivity index (χ4n) is 1.35. The molecule has 0 saturated carbocycles. The minimum absolute atomic E-state index is 0.0113. The van der Waals surface area contributed by atoms with Gasteiger partial charge in [-0.3, -0.25) is 4.79 Å². The van der Waals surface area contributed by atoms with E-state index in [1.165, 1.54) is 26.0 Å². The second-order valence-corrected chi connectivity index (χ2v) is 5.91. The van der Waals surface area contributed by atoms with Crippen LogP contribution < -0.4 is 0 Å². The molecule has 7 heteroatoms.